The Labute approximate surface area is 147 Å². The molecule has 0 bridgehead atoms. The Hall–Kier alpha value is -2.01. The highest BCUT2D eigenvalue weighted by Gasteiger charge is 2.26. The molecule has 0 atom stereocenters. The van der Waals surface area contributed by atoms with E-state index in [1.807, 2.05) is 30.0 Å². The van der Waals surface area contributed by atoms with Gasteiger partial charge in [-0.2, -0.15) is 0 Å². The number of likely N-dealkylation sites (tertiary alicyclic amines) is 1. The number of thiazole rings is 1. The van der Waals surface area contributed by atoms with Gasteiger partial charge in [0.05, 0.1) is 10.7 Å². The smallest absolute Gasteiger partial charge is 0.249 e. The normalized spacial score (nSPS) is 16.4. The third-order valence-corrected chi connectivity index (χ3v) is 5.48. The molecule has 3 rings (SSSR count). The number of pyridine rings is 1. The van der Waals surface area contributed by atoms with Gasteiger partial charge in [-0.3, -0.25) is 9.78 Å². The number of amides is 1. The van der Waals surface area contributed by atoms with Crippen LogP contribution in [0, 0.1) is 0 Å². The molecule has 0 spiro atoms. The number of hydrogen-bond donors (Lipinski definition) is 0. The molecule has 3 heterocycles. The first-order valence-corrected chi connectivity index (χ1v) is 9.39. The lowest BCUT2D eigenvalue weighted by atomic mass is 9.97. The number of rotatable bonds is 4. The molecule has 1 fully saturated rings. The van der Waals surface area contributed by atoms with Crippen molar-refractivity contribution in [3.05, 3.63) is 46.6 Å². The van der Waals surface area contributed by atoms with E-state index < -0.39 is 0 Å². The molecule has 0 unspecified atom stereocenters. The largest absolute Gasteiger partial charge is 0.339 e. The number of carbonyl (C=O) groups is 1. The molecule has 126 valence electrons. The third-order valence-electron chi connectivity index (χ3n) is 4.48. The molecule has 0 saturated carbocycles. The second-order valence-corrected chi connectivity index (χ2v) is 7.06. The van der Waals surface area contributed by atoms with Crippen LogP contribution < -0.4 is 0 Å². The lowest BCUT2D eigenvalue weighted by Crippen LogP contribution is -2.38. The van der Waals surface area contributed by atoms with Crippen molar-refractivity contribution >= 4 is 17.2 Å². The third kappa shape index (κ3) is 3.73. The lowest BCUT2D eigenvalue weighted by molar-refractivity contribution is -0.128. The van der Waals surface area contributed by atoms with E-state index in [4.69, 9.17) is 4.98 Å². The number of nitrogens with zero attached hydrogens (tertiary/aromatic N) is 3. The van der Waals surface area contributed by atoms with E-state index in [9.17, 15) is 4.79 Å². The molecule has 0 aliphatic carbocycles. The number of allylic oxidation sites excluding steroid dienone is 1. The fraction of sp³-hybridized carbons (Fsp3) is 0.421. The van der Waals surface area contributed by atoms with Gasteiger partial charge in [0.1, 0.15) is 0 Å². The molecule has 5 heteroatoms. The van der Waals surface area contributed by atoms with Crippen LogP contribution in [-0.2, 0) is 4.79 Å². The zero-order valence-electron chi connectivity index (χ0n) is 14.2. The van der Waals surface area contributed by atoms with Crippen LogP contribution in [0.3, 0.4) is 0 Å². The molecule has 2 aromatic rings. The molecule has 0 radical (unpaired) electrons. The quantitative estimate of drug-likeness (QED) is 0.780. The molecule has 4 nitrogen and oxygen atoms in total. The summed E-state index contributed by atoms with van der Waals surface area (Å²) in [6.07, 6.45) is 8.50. The standard InChI is InChI=1S/C19H23N3OS/c1-3-4-14(2)19(23)22-11-7-16(8-12-22)18-21-17(13-24-18)15-5-9-20-10-6-15/h4-6,9-10,13,16H,3,7-8,11-12H2,1-2H3/b14-4+. The molecule has 0 N–H and O–H groups in total. The first-order chi connectivity index (χ1) is 11.7. The minimum absolute atomic E-state index is 0.187. The second kappa shape index (κ2) is 7.71. The fourth-order valence-electron chi connectivity index (χ4n) is 3.10. The SMILES string of the molecule is CC/C=C(\C)C(=O)N1CCC(c2nc(-c3ccncc3)cs2)CC1. The van der Waals surface area contributed by atoms with E-state index in [0.29, 0.717) is 5.92 Å². The molecule has 2 aromatic heterocycles. The van der Waals surface area contributed by atoms with Crippen molar-refractivity contribution in [2.75, 3.05) is 13.1 Å². The van der Waals surface area contributed by atoms with Gasteiger partial charge in [-0.05, 0) is 38.3 Å². The minimum atomic E-state index is 0.187. The summed E-state index contributed by atoms with van der Waals surface area (Å²) < 4.78 is 0. The van der Waals surface area contributed by atoms with Crippen LogP contribution >= 0.6 is 11.3 Å². The monoisotopic (exact) mass is 341 g/mol. The van der Waals surface area contributed by atoms with Crippen LogP contribution in [0.25, 0.3) is 11.3 Å². The zero-order chi connectivity index (χ0) is 16.9. The highest BCUT2D eigenvalue weighted by molar-refractivity contribution is 7.10. The average molecular weight is 341 g/mol. The summed E-state index contributed by atoms with van der Waals surface area (Å²) in [6.45, 7) is 5.62. The Morgan fingerprint density at radius 2 is 2.04 bits per heavy atom. The zero-order valence-corrected chi connectivity index (χ0v) is 15.1. The molecule has 24 heavy (non-hydrogen) atoms. The van der Waals surface area contributed by atoms with E-state index in [2.05, 4.69) is 17.3 Å². The highest BCUT2D eigenvalue weighted by Crippen LogP contribution is 2.33. The number of piperidine rings is 1. The Morgan fingerprint density at radius 1 is 1.33 bits per heavy atom. The van der Waals surface area contributed by atoms with Gasteiger partial charge in [-0.1, -0.05) is 13.0 Å². The van der Waals surface area contributed by atoms with E-state index in [0.717, 1.165) is 49.2 Å². The Bertz CT molecular complexity index is 715. The van der Waals surface area contributed by atoms with Crippen molar-refractivity contribution in [3.63, 3.8) is 0 Å². The van der Waals surface area contributed by atoms with E-state index in [1.165, 1.54) is 5.01 Å². The van der Waals surface area contributed by atoms with Crippen molar-refractivity contribution in [3.8, 4) is 11.3 Å². The maximum Gasteiger partial charge on any atom is 0.249 e. The Morgan fingerprint density at radius 3 is 2.71 bits per heavy atom. The summed E-state index contributed by atoms with van der Waals surface area (Å²) >= 11 is 1.73. The summed E-state index contributed by atoms with van der Waals surface area (Å²) in [4.78, 5) is 23.2. The summed E-state index contributed by atoms with van der Waals surface area (Å²) in [7, 11) is 0. The number of aromatic nitrogens is 2. The molecule has 1 saturated heterocycles. The Kier molecular flexibility index (Phi) is 5.41. The highest BCUT2D eigenvalue weighted by atomic mass is 32.1. The predicted molar refractivity (Wildman–Crippen MR) is 97.9 cm³/mol. The molecular weight excluding hydrogens is 318 g/mol. The van der Waals surface area contributed by atoms with Gasteiger partial charge in [0.15, 0.2) is 0 Å². The summed E-state index contributed by atoms with van der Waals surface area (Å²) in [5.74, 6) is 0.650. The van der Waals surface area contributed by atoms with E-state index >= 15 is 0 Å². The maximum atomic E-state index is 12.4. The van der Waals surface area contributed by atoms with Crippen molar-refractivity contribution in [2.45, 2.75) is 39.0 Å². The average Bonchev–Trinajstić information content (AvgIpc) is 3.12. The molecular formula is C19H23N3OS. The first kappa shape index (κ1) is 16.8. The van der Waals surface area contributed by atoms with Crippen molar-refractivity contribution in [1.29, 1.82) is 0 Å². The molecule has 1 aliphatic heterocycles. The second-order valence-electron chi connectivity index (χ2n) is 6.17. The van der Waals surface area contributed by atoms with Crippen molar-refractivity contribution in [1.82, 2.24) is 14.9 Å². The summed E-state index contributed by atoms with van der Waals surface area (Å²) in [5, 5.41) is 3.31. The number of carbonyl (C=O) groups excluding carboxylic acids is 1. The van der Waals surface area contributed by atoms with Gasteiger partial charge in [-0.15, -0.1) is 11.3 Å². The fourth-order valence-corrected chi connectivity index (χ4v) is 4.10. The van der Waals surface area contributed by atoms with Crippen LogP contribution in [0.1, 0.15) is 44.0 Å². The van der Waals surface area contributed by atoms with Crippen molar-refractivity contribution in [2.24, 2.45) is 0 Å². The van der Waals surface area contributed by atoms with Crippen LogP contribution in [-0.4, -0.2) is 33.9 Å². The minimum Gasteiger partial charge on any atom is -0.339 e. The van der Waals surface area contributed by atoms with Crippen LogP contribution in [0.5, 0.6) is 0 Å². The lowest BCUT2D eigenvalue weighted by Gasteiger charge is -2.31. The number of hydrogen-bond acceptors (Lipinski definition) is 4. The Balaban J connectivity index is 1.62. The molecule has 1 amide bonds. The van der Waals surface area contributed by atoms with Crippen LogP contribution in [0.4, 0.5) is 0 Å². The van der Waals surface area contributed by atoms with E-state index in [1.54, 1.807) is 23.7 Å². The van der Waals surface area contributed by atoms with Crippen molar-refractivity contribution < 1.29 is 4.79 Å². The van der Waals surface area contributed by atoms with Crippen LogP contribution in [0.15, 0.2) is 41.6 Å². The van der Waals surface area contributed by atoms with Gasteiger partial charge in [-0.25, -0.2) is 4.98 Å². The van der Waals surface area contributed by atoms with Gasteiger partial charge in [0.25, 0.3) is 0 Å². The van der Waals surface area contributed by atoms with Gasteiger partial charge < -0.3 is 4.90 Å². The topological polar surface area (TPSA) is 46.1 Å². The molecule has 1 aliphatic rings. The van der Waals surface area contributed by atoms with E-state index in [-0.39, 0.29) is 5.91 Å². The van der Waals surface area contributed by atoms with Gasteiger partial charge in [0, 0.05) is 47.9 Å². The van der Waals surface area contributed by atoms with Crippen LogP contribution in [0.2, 0.25) is 0 Å². The summed E-state index contributed by atoms with van der Waals surface area (Å²) in [5.41, 5.74) is 3.00. The summed E-state index contributed by atoms with van der Waals surface area (Å²) in [6, 6.07) is 3.98. The molecule has 0 aromatic carbocycles. The van der Waals surface area contributed by atoms with Gasteiger partial charge >= 0.3 is 0 Å². The first-order valence-electron chi connectivity index (χ1n) is 8.51. The predicted octanol–water partition coefficient (Wildman–Crippen LogP) is 4.27. The maximum absolute atomic E-state index is 12.4. The van der Waals surface area contributed by atoms with Gasteiger partial charge in [0.2, 0.25) is 5.91 Å².